The van der Waals surface area contributed by atoms with E-state index >= 15 is 0 Å². The number of ether oxygens (including phenoxy) is 1. The zero-order valence-electron chi connectivity index (χ0n) is 10.8. The van der Waals surface area contributed by atoms with Crippen molar-refractivity contribution in [2.45, 2.75) is 24.8 Å². The summed E-state index contributed by atoms with van der Waals surface area (Å²) in [7, 11) is 1.69. The normalized spacial score (nSPS) is 10.6. The van der Waals surface area contributed by atoms with Crippen LogP contribution in [-0.4, -0.2) is 25.4 Å². The van der Waals surface area contributed by atoms with Crippen molar-refractivity contribution in [3.05, 3.63) is 36.4 Å². The van der Waals surface area contributed by atoms with Gasteiger partial charge in [0.1, 0.15) is 5.75 Å². The van der Waals surface area contributed by atoms with Gasteiger partial charge < -0.3 is 10.1 Å². The minimum Gasteiger partial charge on any atom is -0.497 e. The van der Waals surface area contributed by atoms with Crippen LogP contribution in [0.15, 0.2) is 41.3 Å². The lowest BCUT2D eigenvalue weighted by Gasteiger charge is -2.10. The zero-order valence-corrected chi connectivity index (χ0v) is 11.6. The molecule has 94 valence electrons. The number of hydrogen-bond acceptors (Lipinski definition) is 3. The Bertz CT molecular complexity index is 363. The van der Waals surface area contributed by atoms with Crippen LogP contribution in [0, 0.1) is 0 Å². The van der Waals surface area contributed by atoms with Crippen molar-refractivity contribution >= 4 is 11.8 Å². The fourth-order valence-corrected chi connectivity index (χ4v) is 2.12. The van der Waals surface area contributed by atoms with E-state index in [0.29, 0.717) is 6.04 Å². The third kappa shape index (κ3) is 5.80. The SMILES string of the molecule is C=C(CNC(C)C)CSc1cccc(OC)c1. The summed E-state index contributed by atoms with van der Waals surface area (Å²) in [6, 6.07) is 8.62. The maximum absolute atomic E-state index is 5.19. The van der Waals surface area contributed by atoms with Gasteiger partial charge in [-0.2, -0.15) is 0 Å². The molecule has 0 atom stereocenters. The third-order valence-electron chi connectivity index (χ3n) is 2.24. The first-order chi connectivity index (χ1) is 8.11. The Morgan fingerprint density at radius 1 is 1.47 bits per heavy atom. The Morgan fingerprint density at radius 2 is 2.24 bits per heavy atom. The molecule has 2 nitrogen and oxygen atoms in total. The summed E-state index contributed by atoms with van der Waals surface area (Å²) in [5.74, 6) is 1.84. The highest BCUT2D eigenvalue weighted by Gasteiger charge is 2.00. The molecule has 0 saturated carbocycles. The predicted molar refractivity (Wildman–Crippen MR) is 76.0 cm³/mol. The largest absolute Gasteiger partial charge is 0.497 e. The van der Waals surface area contributed by atoms with Gasteiger partial charge in [0, 0.05) is 23.2 Å². The lowest BCUT2D eigenvalue weighted by Crippen LogP contribution is -2.25. The molecule has 3 heteroatoms. The van der Waals surface area contributed by atoms with Crippen LogP contribution in [0.2, 0.25) is 0 Å². The summed E-state index contributed by atoms with van der Waals surface area (Å²) >= 11 is 1.79. The molecule has 0 saturated heterocycles. The van der Waals surface area contributed by atoms with Gasteiger partial charge >= 0.3 is 0 Å². The van der Waals surface area contributed by atoms with Gasteiger partial charge in [-0.05, 0) is 18.2 Å². The highest BCUT2D eigenvalue weighted by atomic mass is 32.2. The summed E-state index contributed by atoms with van der Waals surface area (Å²) in [6.45, 7) is 9.24. The summed E-state index contributed by atoms with van der Waals surface area (Å²) in [4.78, 5) is 1.22. The van der Waals surface area contributed by atoms with Crippen LogP contribution in [0.5, 0.6) is 5.75 Å². The molecule has 0 aliphatic rings. The first-order valence-corrected chi connectivity index (χ1v) is 6.77. The number of thioether (sulfide) groups is 1. The molecule has 1 aromatic rings. The third-order valence-corrected chi connectivity index (χ3v) is 3.38. The van der Waals surface area contributed by atoms with Gasteiger partial charge in [-0.1, -0.05) is 32.1 Å². The Kier molecular flexibility index (Phi) is 6.16. The van der Waals surface area contributed by atoms with Crippen LogP contribution in [0.4, 0.5) is 0 Å². The second kappa shape index (κ2) is 7.41. The van der Waals surface area contributed by atoms with Crippen LogP contribution in [0.3, 0.4) is 0 Å². The van der Waals surface area contributed by atoms with Crippen molar-refractivity contribution in [2.24, 2.45) is 0 Å². The molecule has 0 amide bonds. The van der Waals surface area contributed by atoms with Gasteiger partial charge in [-0.15, -0.1) is 11.8 Å². The van der Waals surface area contributed by atoms with E-state index in [2.05, 4.69) is 31.8 Å². The second-order valence-electron chi connectivity index (χ2n) is 4.25. The van der Waals surface area contributed by atoms with Crippen molar-refractivity contribution in [3.8, 4) is 5.75 Å². The molecule has 0 aliphatic heterocycles. The standard InChI is InChI=1S/C14H21NOS/c1-11(2)15-9-12(3)10-17-14-7-5-6-13(8-14)16-4/h5-8,11,15H,3,9-10H2,1-2,4H3. The van der Waals surface area contributed by atoms with E-state index in [1.165, 1.54) is 10.5 Å². The number of hydrogen-bond donors (Lipinski definition) is 1. The molecule has 0 radical (unpaired) electrons. The van der Waals surface area contributed by atoms with Crippen LogP contribution in [0.25, 0.3) is 0 Å². The minimum atomic E-state index is 0.508. The Hall–Kier alpha value is -0.930. The molecule has 0 heterocycles. The molecule has 0 fully saturated rings. The molecule has 0 spiro atoms. The number of methoxy groups -OCH3 is 1. The highest BCUT2D eigenvalue weighted by Crippen LogP contribution is 2.23. The van der Waals surface area contributed by atoms with Gasteiger partial charge in [0.05, 0.1) is 7.11 Å². The summed E-state index contributed by atoms with van der Waals surface area (Å²) in [5.41, 5.74) is 1.21. The van der Waals surface area contributed by atoms with E-state index in [-0.39, 0.29) is 0 Å². The molecular formula is C14H21NOS. The fraction of sp³-hybridized carbons (Fsp3) is 0.429. The van der Waals surface area contributed by atoms with Gasteiger partial charge in [-0.3, -0.25) is 0 Å². The Morgan fingerprint density at radius 3 is 2.88 bits per heavy atom. The summed E-state index contributed by atoms with van der Waals surface area (Å²) in [6.07, 6.45) is 0. The molecule has 0 aliphatic carbocycles. The average Bonchev–Trinajstić information content (AvgIpc) is 2.34. The highest BCUT2D eigenvalue weighted by molar-refractivity contribution is 7.99. The number of nitrogens with one attached hydrogen (secondary N) is 1. The topological polar surface area (TPSA) is 21.3 Å². The van der Waals surface area contributed by atoms with Crippen molar-refractivity contribution in [1.82, 2.24) is 5.32 Å². The molecule has 0 aromatic heterocycles. The number of benzene rings is 1. The lowest BCUT2D eigenvalue weighted by atomic mass is 10.3. The van der Waals surface area contributed by atoms with Crippen molar-refractivity contribution < 1.29 is 4.74 Å². The van der Waals surface area contributed by atoms with Crippen molar-refractivity contribution in [1.29, 1.82) is 0 Å². The molecule has 1 aromatic carbocycles. The Balaban J connectivity index is 2.36. The molecule has 0 bridgehead atoms. The maximum Gasteiger partial charge on any atom is 0.119 e. The monoisotopic (exact) mass is 251 g/mol. The average molecular weight is 251 g/mol. The first-order valence-electron chi connectivity index (χ1n) is 5.78. The van der Waals surface area contributed by atoms with E-state index in [0.717, 1.165) is 18.0 Å². The van der Waals surface area contributed by atoms with Crippen molar-refractivity contribution in [3.63, 3.8) is 0 Å². The quantitative estimate of drug-likeness (QED) is 0.593. The summed E-state index contributed by atoms with van der Waals surface area (Å²) < 4.78 is 5.19. The van der Waals surface area contributed by atoms with Gasteiger partial charge in [0.2, 0.25) is 0 Å². The fourth-order valence-electron chi connectivity index (χ4n) is 1.28. The maximum atomic E-state index is 5.19. The Labute approximate surface area is 108 Å². The van der Waals surface area contributed by atoms with E-state index in [1.807, 2.05) is 18.2 Å². The van der Waals surface area contributed by atoms with Gasteiger partial charge in [-0.25, -0.2) is 0 Å². The number of rotatable bonds is 7. The van der Waals surface area contributed by atoms with Crippen LogP contribution in [0.1, 0.15) is 13.8 Å². The van der Waals surface area contributed by atoms with E-state index in [1.54, 1.807) is 18.9 Å². The predicted octanol–water partition coefficient (Wildman–Crippen LogP) is 3.34. The molecular weight excluding hydrogens is 230 g/mol. The van der Waals surface area contributed by atoms with Crippen molar-refractivity contribution in [2.75, 3.05) is 19.4 Å². The van der Waals surface area contributed by atoms with Crippen LogP contribution in [-0.2, 0) is 0 Å². The van der Waals surface area contributed by atoms with Gasteiger partial charge in [0.25, 0.3) is 0 Å². The molecule has 1 rings (SSSR count). The smallest absolute Gasteiger partial charge is 0.119 e. The van der Waals surface area contributed by atoms with E-state index in [9.17, 15) is 0 Å². The zero-order chi connectivity index (χ0) is 12.7. The van der Waals surface area contributed by atoms with Crippen LogP contribution >= 0.6 is 11.8 Å². The van der Waals surface area contributed by atoms with E-state index in [4.69, 9.17) is 4.74 Å². The van der Waals surface area contributed by atoms with Crippen LogP contribution < -0.4 is 10.1 Å². The second-order valence-corrected chi connectivity index (χ2v) is 5.30. The van der Waals surface area contributed by atoms with E-state index < -0.39 is 0 Å². The molecule has 17 heavy (non-hydrogen) atoms. The first kappa shape index (κ1) is 14.1. The van der Waals surface area contributed by atoms with Gasteiger partial charge in [0.15, 0.2) is 0 Å². The molecule has 1 N–H and O–H groups in total. The molecule has 0 unspecified atom stereocenters. The minimum absolute atomic E-state index is 0.508. The lowest BCUT2D eigenvalue weighted by molar-refractivity contribution is 0.413. The summed E-state index contributed by atoms with van der Waals surface area (Å²) in [5, 5.41) is 3.37.